The van der Waals surface area contributed by atoms with Crippen LogP contribution in [-0.2, 0) is 36.4 Å². The second kappa shape index (κ2) is 14.7. The molecule has 2 aliphatic rings. The Kier molecular flexibility index (Phi) is 12.7. The van der Waals surface area contributed by atoms with Gasteiger partial charge in [-0.15, -0.1) is 0 Å². The first-order chi connectivity index (χ1) is 20.3. The molecule has 4 rings (SSSR count). The van der Waals surface area contributed by atoms with E-state index in [1.54, 1.807) is 24.7 Å². The van der Waals surface area contributed by atoms with Crippen LogP contribution in [0.4, 0.5) is 45.2 Å². The number of sulfonamides is 1. The maximum absolute atomic E-state index is 12.2. The summed E-state index contributed by atoms with van der Waals surface area (Å²) in [6.45, 7) is 3.11. The van der Waals surface area contributed by atoms with Gasteiger partial charge in [-0.05, 0) is 42.8 Å². The Morgan fingerprint density at radius 3 is 1.67 bits per heavy atom. The second-order valence-electron chi connectivity index (χ2n) is 9.15. The number of pyridine rings is 2. The molecule has 22 heteroatoms. The quantitative estimate of drug-likeness (QED) is 0.404. The molecule has 1 saturated heterocycles. The predicted molar refractivity (Wildman–Crippen MR) is 133 cm³/mol. The zero-order valence-corrected chi connectivity index (χ0v) is 23.4. The first-order valence-electron chi connectivity index (χ1n) is 11.8. The van der Waals surface area contributed by atoms with Gasteiger partial charge in [0.05, 0.1) is 17.6 Å². The molecule has 0 radical (unpaired) electrons. The molecule has 0 bridgehead atoms. The van der Waals surface area contributed by atoms with Crippen LogP contribution in [0.15, 0.2) is 42.9 Å². The summed E-state index contributed by atoms with van der Waals surface area (Å²) in [7, 11) is -3.29. The van der Waals surface area contributed by atoms with E-state index in [9.17, 15) is 47.9 Å². The largest absolute Gasteiger partial charge is 0.490 e. The van der Waals surface area contributed by atoms with Gasteiger partial charge in [-0.1, -0.05) is 0 Å². The number of nitrogens with zero attached hydrogens (tertiary/aromatic N) is 4. The van der Waals surface area contributed by atoms with Crippen molar-refractivity contribution in [1.29, 1.82) is 0 Å². The number of rotatable bonds is 3. The fourth-order valence-electron chi connectivity index (χ4n) is 3.90. The molecule has 1 atom stereocenters. The Labute approximate surface area is 247 Å². The number of anilines is 1. The third kappa shape index (κ3) is 12.0. The zero-order valence-electron chi connectivity index (χ0n) is 22.6. The average molecular weight is 687 g/mol. The highest BCUT2D eigenvalue weighted by Gasteiger charge is 2.50. The van der Waals surface area contributed by atoms with Crippen molar-refractivity contribution in [2.45, 2.75) is 36.9 Å². The van der Waals surface area contributed by atoms with Crippen LogP contribution in [0, 0.1) is 0 Å². The molecule has 0 saturated carbocycles. The number of aliphatic carboxylic acids is 3. The van der Waals surface area contributed by atoms with Gasteiger partial charge in [0.25, 0.3) is 0 Å². The van der Waals surface area contributed by atoms with E-state index in [-0.39, 0.29) is 5.41 Å². The molecule has 2 aliphatic heterocycles. The molecule has 0 aliphatic carbocycles. The summed E-state index contributed by atoms with van der Waals surface area (Å²) in [5.74, 6) is -8.27. The summed E-state index contributed by atoms with van der Waals surface area (Å²) in [5.41, 5.74) is 2.69. The summed E-state index contributed by atoms with van der Waals surface area (Å²) in [6, 6.07) is 7.71. The molecular weight excluding hydrogens is 663 g/mol. The van der Waals surface area contributed by atoms with Crippen molar-refractivity contribution in [3.05, 3.63) is 54.1 Å². The molecule has 3 N–H and O–H groups in total. The first kappa shape index (κ1) is 38.8. The second-order valence-corrected chi connectivity index (χ2v) is 11.1. The number of alkyl halides is 9. The van der Waals surface area contributed by atoms with Crippen LogP contribution >= 0.6 is 0 Å². The fraction of sp³-hybridized carbons (Fsp3) is 0.435. The molecule has 2 aromatic heterocycles. The monoisotopic (exact) mass is 686 g/mol. The highest BCUT2D eigenvalue weighted by Crippen LogP contribution is 2.46. The molecule has 1 spiro atoms. The highest BCUT2D eigenvalue weighted by molar-refractivity contribution is 7.92. The molecule has 45 heavy (non-hydrogen) atoms. The van der Waals surface area contributed by atoms with E-state index in [0.717, 1.165) is 37.4 Å². The molecule has 2 aromatic rings. The number of hydrogen-bond donors (Lipinski definition) is 3. The van der Waals surface area contributed by atoms with E-state index in [1.165, 1.54) is 16.1 Å². The van der Waals surface area contributed by atoms with E-state index in [1.807, 2.05) is 18.2 Å². The number of halogens is 9. The Morgan fingerprint density at radius 2 is 1.27 bits per heavy atom. The standard InChI is InChI=1S/C17H20N4O2S.3C2HF3O2/c1-24(22,23)21-13-17(16-15(21)3-2-7-19-16)6-10-20(12-17)11-14-4-8-18-9-5-14;3*3-2(4,5)1(6)7/h2-5,7-9H,6,10-13H2,1H3;3*(H,6,7). The van der Waals surface area contributed by atoms with Gasteiger partial charge in [0, 0.05) is 43.6 Å². The molecule has 4 heterocycles. The number of likely N-dealkylation sites (tertiary alicyclic amines) is 1. The van der Waals surface area contributed by atoms with Crippen LogP contribution < -0.4 is 4.31 Å². The van der Waals surface area contributed by atoms with Crippen molar-refractivity contribution in [2.24, 2.45) is 0 Å². The number of fused-ring (bicyclic) bond motifs is 2. The predicted octanol–water partition coefficient (Wildman–Crippen LogP) is 3.30. The molecule has 1 fully saturated rings. The summed E-state index contributed by atoms with van der Waals surface area (Å²) in [4.78, 5) is 37.7. The molecular formula is C23H23F9N4O8S. The van der Waals surface area contributed by atoms with Crippen molar-refractivity contribution in [2.75, 3.05) is 30.2 Å². The highest BCUT2D eigenvalue weighted by atomic mass is 32.2. The number of carboxylic acid groups (broad SMARTS) is 3. The van der Waals surface area contributed by atoms with Crippen LogP contribution in [0.25, 0.3) is 0 Å². The number of aromatic nitrogens is 2. The Morgan fingerprint density at radius 1 is 0.822 bits per heavy atom. The average Bonchev–Trinajstić information content (AvgIpc) is 3.45. The maximum Gasteiger partial charge on any atom is 0.490 e. The fourth-order valence-corrected chi connectivity index (χ4v) is 4.89. The van der Waals surface area contributed by atoms with Crippen molar-refractivity contribution in [3.8, 4) is 0 Å². The minimum Gasteiger partial charge on any atom is -0.475 e. The van der Waals surface area contributed by atoms with Gasteiger partial charge in [-0.2, -0.15) is 39.5 Å². The van der Waals surface area contributed by atoms with Gasteiger partial charge in [0.15, 0.2) is 0 Å². The summed E-state index contributed by atoms with van der Waals surface area (Å²) in [5, 5.41) is 21.4. The molecule has 0 aromatic carbocycles. The minimum absolute atomic E-state index is 0.202. The normalized spacial score (nSPS) is 18.0. The lowest BCUT2D eigenvalue weighted by molar-refractivity contribution is -0.193. The molecule has 12 nitrogen and oxygen atoms in total. The lowest BCUT2D eigenvalue weighted by Crippen LogP contribution is -2.38. The summed E-state index contributed by atoms with van der Waals surface area (Å²) in [6.07, 6.45) is -7.68. The van der Waals surface area contributed by atoms with Crippen LogP contribution in [0.2, 0.25) is 0 Å². The van der Waals surface area contributed by atoms with Crippen molar-refractivity contribution >= 4 is 33.6 Å². The summed E-state index contributed by atoms with van der Waals surface area (Å²) < 4.78 is 121. The third-order valence-corrected chi connectivity index (χ3v) is 6.85. The smallest absolute Gasteiger partial charge is 0.475 e. The van der Waals surface area contributed by atoms with Crippen LogP contribution in [0.1, 0.15) is 17.7 Å². The third-order valence-electron chi connectivity index (χ3n) is 5.72. The van der Waals surface area contributed by atoms with E-state index >= 15 is 0 Å². The first-order valence-corrected chi connectivity index (χ1v) is 13.6. The topological polar surface area (TPSA) is 178 Å². The number of carboxylic acids is 3. The van der Waals surface area contributed by atoms with Crippen LogP contribution in [0.3, 0.4) is 0 Å². The van der Waals surface area contributed by atoms with Gasteiger partial charge in [-0.3, -0.25) is 19.2 Å². The molecule has 1 unspecified atom stereocenters. The lowest BCUT2D eigenvalue weighted by Gasteiger charge is -2.25. The van der Waals surface area contributed by atoms with Crippen LogP contribution in [-0.4, -0.2) is 101 Å². The van der Waals surface area contributed by atoms with Gasteiger partial charge >= 0.3 is 36.4 Å². The van der Waals surface area contributed by atoms with E-state index in [4.69, 9.17) is 29.7 Å². The van der Waals surface area contributed by atoms with Crippen molar-refractivity contribution in [1.82, 2.24) is 14.9 Å². The molecule has 252 valence electrons. The summed E-state index contributed by atoms with van der Waals surface area (Å²) >= 11 is 0. The van der Waals surface area contributed by atoms with E-state index in [0.29, 0.717) is 6.54 Å². The number of carbonyl (C=O) groups is 3. The van der Waals surface area contributed by atoms with Crippen LogP contribution in [0.5, 0.6) is 0 Å². The van der Waals surface area contributed by atoms with Crippen molar-refractivity contribution < 1.29 is 77.6 Å². The van der Waals surface area contributed by atoms with Gasteiger partial charge in [0.2, 0.25) is 10.0 Å². The lowest BCUT2D eigenvalue weighted by atomic mass is 9.85. The van der Waals surface area contributed by atoms with Gasteiger partial charge in [-0.25, -0.2) is 22.8 Å². The SMILES string of the molecule is CS(=O)(=O)N1CC2(CCN(Cc3ccncc3)C2)c2ncccc21.O=C(O)C(F)(F)F.O=C(O)C(F)(F)F.O=C(O)C(F)(F)F. The number of hydrogen-bond acceptors (Lipinski definition) is 8. The Bertz CT molecular complexity index is 1380. The van der Waals surface area contributed by atoms with E-state index in [2.05, 4.69) is 14.9 Å². The van der Waals surface area contributed by atoms with Crippen molar-refractivity contribution in [3.63, 3.8) is 0 Å². The zero-order chi connectivity index (χ0) is 35.0. The Balaban J connectivity index is 0.000000396. The van der Waals surface area contributed by atoms with Gasteiger partial charge < -0.3 is 15.3 Å². The maximum atomic E-state index is 12.2. The van der Waals surface area contributed by atoms with E-state index < -0.39 is 46.5 Å². The van der Waals surface area contributed by atoms with Gasteiger partial charge in [0.1, 0.15) is 0 Å². The Hall–Kier alpha value is -4.21. The minimum atomic E-state index is -5.08. The molecule has 0 amide bonds.